The molecule has 4 N–H and O–H groups in total. The van der Waals surface area contributed by atoms with E-state index in [9.17, 15) is 24.3 Å². The Morgan fingerprint density at radius 2 is 1.55 bits per heavy atom. The predicted molar refractivity (Wildman–Crippen MR) is 194 cm³/mol. The van der Waals surface area contributed by atoms with Gasteiger partial charge in [-0.2, -0.15) is 0 Å². The van der Waals surface area contributed by atoms with Crippen molar-refractivity contribution in [3.8, 4) is 0 Å². The van der Waals surface area contributed by atoms with Crippen molar-refractivity contribution < 1.29 is 33.8 Å². The summed E-state index contributed by atoms with van der Waals surface area (Å²) < 4.78 is 11.9. The number of nitrogens with one attached hydrogen (secondary N) is 3. The van der Waals surface area contributed by atoms with Crippen LogP contribution in [-0.4, -0.2) is 122 Å². The van der Waals surface area contributed by atoms with Crippen LogP contribution in [0.2, 0.25) is 0 Å². The van der Waals surface area contributed by atoms with Crippen LogP contribution in [0.3, 0.4) is 0 Å². The molecule has 10 atom stereocenters. The number of aliphatic hydroxyl groups is 1. The normalized spacial score (nSPS) is 21.0. The molecule has 0 aromatic rings. The van der Waals surface area contributed by atoms with Crippen LogP contribution in [0.5, 0.6) is 0 Å². The van der Waals surface area contributed by atoms with Gasteiger partial charge in [0.2, 0.25) is 23.6 Å². The summed E-state index contributed by atoms with van der Waals surface area (Å²) in [6, 6.07) is -2.45. The fourth-order valence-electron chi connectivity index (χ4n) is 7.05. The summed E-state index contributed by atoms with van der Waals surface area (Å²) in [5.74, 6) is -1.57. The van der Waals surface area contributed by atoms with E-state index in [1.54, 1.807) is 52.0 Å². The van der Waals surface area contributed by atoms with Crippen molar-refractivity contribution in [3.63, 3.8) is 0 Å². The summed E-state index contributed by atoms with van der Waals surface area (Å²) in [5, 5.41) is 19.5. The molecule has 49 heavy (non-hydrogen) atoms. The molecule has 4 amide bonds. The van der Waals surface area contributed by atoms with E-state index in [1.165, 1.54) is 0 Å². The summed E-state index contributed by atoms with van der Waals surface area (Å²) in [7, 11) is 6.57. The van der Waals surface area contributed by atoms with Gasteiger partial charge in [0.25, 0.3) is 0 Å². The molecule has 0 unspecified atom stereocenters. The van der Waals surface area contributed by atoms with Crippen molar-refractivity contribution in [1.29, 1.82) is 0 Å². The lowest BCUT2D eigenvalue weighted by Crippen LogP contribution is -2.59. The first-order valence-electron chi connectivity index (χ1n) is 18.1. The Morgan fingerprint density at radius 3 is 2.02 bits per heavy atom. The Balaban J connectivity index is 3.24. The molecule has 0 spiro atoms. The maximum Gasteiger partial charge on any atom is 0.245 e. The number of amides is 4. The van der Waals surface area contributed by atoms with E-state index in [2.05, 4.69) is 16.0 Å². The fourth-order valence-corrected chi connectivity index (χ4v) is 7.05. The number of carbonyl (C=O) groups excluding carboxylic acids is 4. The largest absolute Gasteiger partial charge is 0.387 e. The Morgan fingerprint density at radius 1 is 0.959 bits per heavy atom. The Kier molecular flexibility index (Phi) is 19.0. The van der Waals surface area contributed by atoms with Gasteiger partial charge in [-0.1, -0.05) is 61.0 Å². The maximum atomic E-state index is 14.1. The van der Waals surface area contributed by atoms with Gasteiger partial charge in [-0.3, -0.25) is 19.2 Å². The van der Waals surface area contributed by atoms with Crippen molar-refractivity contribution in [2.45, 2.75) is 143 Å². The number of nitrogens with zero attached hydrogens (tertiary/aromatic N) is 2. The van der Waals surface area contributed by atoms with Crippen molar-refractivity contribution in [3.05, 3.63) is 11.6 Å². The lowest BCUT2D eigenvalue weighted by molar-refractivity contribution is -0.148. The Hall–Kier alpha value is -2.54. The zero-order valence-electron chi connectivity index (χ0n) is 32.8. The number of likely N-dealkylation sites (tertiary alicyclic amines) is 1. The highest BCUT2D eigenvalue weighted by atomic mass is 16.5. The highest BCUT2D eigenvalue weighted by molar-refractivity contribution is 5.90. The van der Waals surface area contributed by atoms with E-state index < -0.39 is 48.4 Å². The quantitative estimate of drug-likeness (QED) is 0.142. The van der Waals surface area contributed by atoms with E-state index in [4.69, 9.17) is 9.47 Å². The SMILES string of the molecule is C/C=C(\C)[C@H](O)[C@@H](C)NC(=O)[C@H](C)[C@@H](OC)[C@@H]1CCCN1C(=O)C[C@@H](OC)[C@H]([C@@H](C)CC)N(C)C(=O)[C@@H](NC(=O)[C@@H](NC)C(C)C)C(C)C. The van der Waals surface area contributed by atoms with Gasteiger partial charge < -0.3 is 40.3 Å². The lowest BCUT2D eigenvalue weighted by Gasteiger charge is -2.41. The van der Waals surface area contributed by atoms with Crippen molar-refractivity contribution >= 4 is 23.6 Å². The summed E-state index contributed by atoms with van der Waals surface area (Å²) in [5.41, 5.74) is 0.769. The number of allylic oxidation sites excluding steroid dienone is 1. The number of rotatable bonds is 20. The zero-order chi connectivity index (χ0) is 37.7. The molecular weight excluding hydrogens is 626 g/mol. The smallest absolute Gasteiger partial charge is 0.245 e. The van der Waals surface area contributed by atoms with E-state index in [1.807, 2.05) is 61.5 Å². The molecule has 1 aliphatic rings. The van der Waals surface area contributed by atoms with E-state index >= 15 is 0 Å². The monoisotopic (exact) mass is 696 g/mol. The second-order valence-electron chi connectivity index (χ2n) is 14.6. The third-order valence-electron chi connectivity index (χ3n) is 10.5. The van der Waals surface area contributed by atoms with Crippen LogP contribution in [-0.2, 0) is 28.7 Å². The number of aliphatic hydroxyl groups excluding tert-OH is 1. The van der Waals surface area contributed by atoms with E-state index in [-0.39, 0.29) is 53.8 Å². The molecule has 1 heterocycles. The Labute approximate surface area is 296 Å². The van der Waals surface area contributed by atoms with Gasteiger partial charge in [0, 0.05) is 27.8 Å². The molecule has 12 heteroatoms. The number of hydrogen-bond donors (Lipinski definition) is 4. The van der Waals surface area contributed by atoms with Crippen molar-refractivity contribution in [2.75, 3.05) is 34.9 Å². The molecule has 284 valence electrons. The van der Waals surface area contributed by atoms with Gasteiger partial charge in [-0.15, -0.1) is 0 Å². The second kappa shape index (κ2) is 21.0. The van der Waals surface area contributed by atoms with Gasteiger partial charge >= 0.3 is 0 Å². The van der Waals surface area contributed by atoms with E-state index in [0.717, 1.165) is 18.4 Å². The van der Waals surface area contributed by atoms with Gasteiger partial charge in [0.15, 0.2) is 0 Å². The van der Waals surface area contributed by atoms with Gasteiger partial charge in [-0.05, 0) is 64.0 Å². The summed E-state index contributed by atoms with van der Waals surface area (Å²) >= 11 is 0. The molecule has 1 rings (SSSR count). The van der Waals surface area contributed by atoms with Crippen LogP contribution in [0, 0.1) is 23.7 Å². The summed E-state index contributed by atoms with van der Waals surface area (Å²) in [6.07, 6.45) is 2.08. The lowest BCUT2D eigenvalue weighted by atomic mass is 9.89. The third-order valence-corrected chi connectivity index (χ3v) is 10.5. The predicted octanol–water partition coefficient (Wildman–Crippen LogP) is 3.12. The van der Waals surface area contributed by atoms with Crippen LogP contribution < -0.4 is 16.0 Å². The molecule has 1 saturated heterocycles. The summed E-state index contributed by atoms with van der Waals surface area (Å²) in [6.45, 7) is 19.5. The van der Waals surface area contributed by atoms with Crippen LogP contribution in [0.4, 0.5) is 0 Å². The first-order valence-corrected chi connectivity index (χ1v) is 18.1. The first kappa shape index (κ1) is 44.5. The highest BCUT2D eigenvalue weighted by Gasteiger charge is 2.43. The molecule has 0 aliphatic carbocycles. The minimum Gasteiger partial charge on any atom is -0.387 e. The van der Waals surface area contributed by atoms with Crippen LogP contribution in [0.1, 0.15) is 94.9 Å². The number of likely N-dealkylation sites (N-methyl/N-ethyl adjacent to an activating group) is 2. The van der Waals surface area contributed by atoms with Gasteiger partial charge in [-0.25, -0.2) is 0 Å². The van der Waals surface area contributed by atoms with Crippen molar-refractivity contribution in [1.82, 2.24) is 25.8 Å². The molecule has 0 saturated carbocycles. The van der Waals surface area contributed by atoms with Crippen LogP contribution >= 0.6 is 0 Å². The topological polar surface area (TPSA) is 150 Å². The number of carbonyl (C=O) groups is 4. The number of hydrogen-bond acceptors (Lipinski definition) is 8. The molecule has 12 nitrogen and oxygen atoms in total. The van der Waals surface area contributed by atoms with Gasteiger partial charge in [0.05, 0.1) is 54.8 Å². The molecule has 1 fully saturated rings. The molecule has 0 aromatic heterocycles. The molecular formula is C37H69N5O7. The van der Waals surface area contributed by atoms with Crippen molar-refractivity contribution in [2.24, 2.45) is 23.7 Å². The average molecular weight is 696 g/mol. The highest BCUT2D eigenvalue weighted by Crippen LogP contribution is 2.29. The number of methoxy groups -OCH3 is 2. The standard InChI is InChI=1S/C37H69N5O7/c1-15-23(7)32(41(12)37(47)31(22(5)6)40-36(46)30(38-11)21(3)4)28(48-13)20-29(43)42-19-17-18-27(42)34(49-14)25(9)35(45)39-26(10)33(44)24(8)16-2/h16,21-23,25-28,30-34,38,44H,15,17-20H2,1-14H3,(H,39,45)(H,40,46)/b24-16+/t23-,25+,26+,27-,28+,30-,31-,32-,33-,34+/m0/s1. The summed E-state index contributed by atoms with van der Waals surface area (Å²) in [4.78, 5) is 58.1. The fraction of sp³-hybridized carbons (Fsp3) is 0.838. The first-order chi connectivity index (χ1) is 22.9. The average Bonchev–Trinajstić information content (AvgIpc) is 3.55. The Bertz CT molecular complexity index is 1100. The zero-order valence-corrected chi connectivity index (χ0v) is 32.8. The third kappa shape index (κ3) is 11.8. The molecule has 1 aliphatic heterocycles. The second-order valence-corrected chi connectivity index (χ2v) is 14.6. The van der Waals surface area contributed by atoms with Gasteiger partial charge in [0.1, 0.15) is 6.04 Å². The minimum absolute atomic E-state index is 0.00992. The maximum absolute atomic E-state index is 14.1. The minimum atomic E-state index is -0.807. The van der Waals surface area contributed by atoms with Crippen LogP contribution in [0.15, 0.2) is 11.6 Å². The molecule has 0 bridgehead atoms. The molecule has 0 radical (unpaired) electrons. The van der Waals surface area contributed by atoms with E-state index in [0.29, 0.717) is 13.0 Å². The van der Waals surface area contributed by atoms with Crippen LogP contribution in [0.25, 0.3) is 0 Å². The number of ether oxygens (including phenoxy) is 2. The molecule has 0 aromatic carbocycles.